The summed E-state index contributed by atoms with van der Waals surface area (Å²) in [5.41, 5.74) is 3.12. The summed E-state index contributed by atoms with van der Waals surface area (Å²) in [6.07, 6.45) is 4.49. The first kappa shape index (κ1) is 20.7. The van der Waals surface area contributed by atoms with Crippen LogP contribution in [-0.4, -0.2) is 34.3 Å². The van der Waals surface area contributed by atoms with Gasteiger partial charge in [0.25, 0.3) is 11.8 Å². The molecule has 2 heterocycles. The third-order valence-electron chi connectivity index (χ3n) is 5.22. The molecule has 3 aromatic rings. The monoisotopic (exact) mass is 422 g/mol. The second-order valence-electron chi connectivity index (χ2n) is 7.42. The SMILES string of the molecule is Cc1c(NC(=O)C2CCCO2)cccc1C(=O)NCc1cnn(-c2cccc(F)c2)c1. The minimum atomic E-state index is -0.438. The van der Waals surface area contributed by atoms with Crippen LogP contribution in [0.1, 0.15) is 34.3 Å². The molecule has 4 rings (SSSR count). The van der Waals surface area contributed by atoms with Gasteiger partial charge in [-0.25, -0.2) is 9.07 Å². The first-order chi connectivity index (χ1) is 15.0. The molecule has 1 aliphatic rings. The Morgan fingerprint density at radius 3 is 2.87 bits per heavy atom. The van der Waals surface area contributed by atoms with Gasteiger partial charge in [-0.2, -0.15) is 5.10 Å². The van der Waals surface area contributed by atoms with E-state index < -0.39 is 6.10 Å². The van der Waals surface area contributed by atoms with E-state index in [1.54, 1.807) is 54.3 Å². The highest BCUT2D eigenvalue weighted by atomic mass is 19.1. The number of rotatable bonds is 6. The summed E-state index contributed by atoms with van der Waals surface area (Å²) in [7, 11) is 0. The van der Waals surface area contributed by atoms with Crippen LogP contribution in [0, 0.1) is 12.7 Å². The molecule has 0 bridgehead atoms. The number of ether oxygens (including phenoxy) is 1. The standard InChI is InChI=1S/C23H23FN4O3/c1-15-19(7-3-8-20(15)27-23(30)21-9-4-10-31-21)22(29)25-12-16-13-26-28(14-16)18-6-2-5-17(24)11-18/h2-3,5-8,11,13-14,21H,4,9-10,12H2,1H3,(H,25,29)(H,27,30). The average Bonchev–Trinajstić information content (AvgIpc) is 3.46. The fourth-order valence-corrected chi connectivity index (χ4v) is 3.50. The summed E-state index contributed by atoms with van der Waals surface area (Å²) in [5, 5.41) is 9.94. The van der Waals surface area contributed by atoms with Crippen molar-refractivity contribution in [2.45, 2.75) is 32.4 Å². The topological polar surface area (TPSA) is 85.2 Å². The Bertz CT molecular complexity index is 1110. The van der Waals surface area contributed by atoms with Crippen LogP contribution in [0.2, 0.25) is 0 Å². The minimum Gasteiger partial charge on any atom is -0.368 e. The lowest BCUT2D eigenvalue weighted by atomic mass is 10.1. The first-order valence-corrected chi connectivity index (χ1v) is 10.1. The molecule has 0 saturated carbocycles. The van der Waals surface area contributed by atoms with Gasteiger partial charge in [-0.1, -0.05) is 12.1 Å². The van der Waals surface area contributed by atoms with E-state index in [0.717, 1.165) is 12.0 Å². The lowest BCUT2D eigenvalue weighted by Crippen LogP contribution is -2.28. The molecular formula is C23H23FN4O3. The number of amides is 2. The number of nitrogens with one attached hydrogen (secondary N) is 2. The van der Waals surface area contributed by atoms with E-state index in [4.69, 9.17) is 4.74 Å². The number of aromatic nitrogens is 2. The van der Waals surface area contributed by atoms with Gasteiger partial charge in [0.05, 0.1) is 11.9 Å². The lowest BCUT2D eigenvalue weighted by Gasteiger charge is -2.14. The molecule has 1 fully saturated rings. The van der Waals surface area contributed by atoms with Crippen molar-refractivity contribution >= 4 is 17.5 Å². The second-order valence-corrected chi connectivity index (χ2v) is 7.42. The van der Waals surface area contributed by atoms with Crippen molar-refractivity contribution in [3.05, 3.63) is 77.4 Å². The maximum atomic E-state index is 13.4. The van der Waals surface area contributed by atoms with Crippen LogP contribution in [0.25, 0.3) is 5.69 Å². The first-order valence-electron chi connectivity index (χ1n) is 10.1. The van der Waals surface area contributed by atoms with Gasteiger partial charge in [-0.05, 0) is 55.7 Å². The maximum absolute atomic E-state index is 13.4. The van der Waals surface area contributed by atoms with Gasteiger partial charge < -0.3 is 15.4 Å². The van der Waals surface area contributed by atoms with Crippen LogP contribution in [0.15, 0.2) is 54.9 Å². The highest BCUT2D eigenvalue weighted by Gasteiger charge is 2.24. The minimum absolute atomic E-state index is 0.192. The molecule has 1 atom stereocenters. The zero-order chi connectivity index (χ0) is 21.8. The predicted octanol–water partition coefficient (Wildman–Crippen LogP) is 3.37. The molecule has 2 N–H and O–H groups in total. The highest BCUT2D eigenvalue weighted by molar-refractivity contribution is 6.00. The molecule has 0 radical (unpaired) electrons. The summed E-state index contributed by atoms with van der Waals surface area (Å²) >= 11 is 0. The van der Waals surface area contributed by atoms with Crippen molar-refractivity contribution in [2.75, 3.05) is 11.9 Å². The van der Waals surface area contributed by atoms with E-state index in [2.05, 4.69) is 15.7 Å². The molecule has 160 valence electrons. The number of hydrogen-bond acceptors (Lipinski definition) is 4. The highest BCUT2D eigenvalue weighted by Crippen LogP contribution is 2.21. The molecule has 1 aromatic heterocycles. The Morgan fingerprint density at radius 1 is 1.26 bits per heavy atom. The fraction of sp³-hybridized carbons (Fsp3) is 0.261. The Balaban J connectivity index is 1.40. The zero-order valence-corrected chi connectivity index (χ0v) is 17.1. The van der Waals surface area contributed by atoms with E-state index in [0.29, 0.717) is 35.5 Å². The van der Waals surface area contributed by atoms with Gasteiger partial charge in [-0.15, -0.1) is 0 Å². The van der Waals surface area contributed by atoms with Gasteiger partial charge in [0.1, 0.15) is 11.9 Å². The third-order valence-corrected chi connectivity index (χ3v) is 5.22. The van der Waals surface area contributed by atoms with Crippen LogP contribution < -0.4 is 10.6 Å². The van der Waals surface area contributed by atoms with Crippen molar-refractivity contribution in [1.29, 1.82) is 0 Å². The van der Waals surface area contributed by atoms with Gasteiger partial charge >= 0.3 is 0 Å². The van der Waals surface area contributed by atoms with Gasteiger partial charge in [0, 0.05) is 36.2 Å². The number of hydrogen-bond donors (Lipinski definition) is 2. The average molecular weight is 422 g/mol. The van der Waals surface area contributed by atoms with Gasteiger partial charge in [0.15, 0.2) is 0 Å². The number of anilines is 1. The molecule has 1 unspecified atom stereocenters. The molecule has 7 nitrogen and oxygen atoms in total. The quantitative estimate of drug-likeness (QED) is 0.638. The van der Waals surface area contributed by atoms with Crippen LogP contribution in [0.4, 0.5) is 10.1 Å². The van der Waals surface area contributed by atoms with E-state index >= 15 is 0 Å². The number of carbonyl (C=O) groups is 2. The van der Waals surface area contributed by atoms with Crippen LogP contribution in [-0.2, 0) is 16.1 Å². The number of nitrogens with zero attached hydrogens (tertiary/aromatic N) is 2. The van der Waals surface area contributed by atoms with Crippen molar-refractivity contribution in [1.82, 2.24) is 15.1 Å². The van der Waals surface area contributed by atoms with Gasteiger partial charge in [-0.3, -0.25) is 9.59 Å². The molecular weight excluding hydrogens is 399 g/mol. The maximum Gasteiger partial charge on any atom is 0.253 e. The largest absolute Gasteiger partial charge is 0.368 e. The Hall–Kier alpha value is -3.52. The number of halogens is 1. The fourth-order valence-electron chi connectivity index (χ4n) is 3.50. The van der Waals surface area contributed by atoms with E-state index in [-0.39, 0.29) is 24.2 Å². The zero-order valence-electron chi connectivity index (χ0n) is 17.1. The molecule has 1 aliphatic heterocycles. The van der Waals surface area contributed by atoms with Crippen LogP contribution in [0.5, 0.6) is 0 Å². The van der Waals surface area contributed by atoms with Crippen LogP contribution >= 0.6 is 0 Å². The molecule has 2 aromatic carbocycles. The van der Waals surface area contributed by atoms with E-state index in [1.165, 1.54) is 12.1 Å². The molecule has 1 saturated heterocycles. The van der Waals surface area contributed by atoms with E-state index in [1.807, 2.05) is 0 Å². The van der Waals surface area contributed by atoms with Crippen LogP contribution in [0.3, 0.4) is 0 Å². The third kappa shape index (κ3) is 4.80. The summed E-state index contributed by atoms with van der Waals surface area (Å²) in [4.78, 5) is 25.1. The molecule has 0 aliphatic carbocycles. The van der Waals surface area contributed by atoms with E-state index in [9.17, 15) is 14.0 Å². The summed E-state index contributed by atoms with van der Waals surface area (Å²) < 4.78 is 20.4. The van der Waals surface area contributed by atoms with Crippen molar-refractivity contribution in [2.24, 2.45) is 0 Å². The molecule has 0 spiro atoms. The summed E-state index contributed by atoms with van der Waals surface area (Å²) in [6.45, 7) is 2.65. The predicted molar refractivity (Wildman–Crippen MR) is 113 cm³/mol. The number of benzene rings is 2. The Morgan fingerprint density at radius 2 is 2.10 bits per heavy atom. The molecule has 2 amide bonds. The van der Waals surface area contributed by atoms with Crippen molar-refractivity contribution in [3.8, 4) is 5.69 Å². The summed E-state index contributed by atoms with van der Waals surface area (Å²) in [6, 6.07) is 11.3. The second kappa shape index (κ2) is 9.09. The molecule has 8 heteroatoms. The van der Waals surface area contributed by atoms with Crippen molar-refractivity contribution < 1.29 is 18.7 Å². The van der Waals surface area contributed by atoms with Crippen molar-refractivity contribution in [3.63, 3.8) is 0 Å². The Kier molecular flexibility index (Phi) is 6.08. The molecule has 31 heavy (non-hydrogen) atoms. The smallest absolute Gasteiger partial charge is 0.253 e. The normalized spacial score (nSPS) is 15.6. The lowest BCUT2D eigenvalue weighted by molar-refractivity contribution is -0.124. The Labute approximate surface area is 179 Å². The summed E-state index contributed by atoms with van der Waals surface area (Å²) in [5.74, 6) is -0.795. The number of carbonyl (C=O) groups excluding carboxylic acids is 2. The van der Waals surface area contributed by atoms with Gasteiger partial charge in [0.2, 0.25) is 0 Å².